The molecule has 1 atom stereocenters. The van der Waals surface area contributed by atoms with Crippen molar-refractivity contribution in [3.63, 3.8) is 0 Å². The standard InChI is InChI=1S/C13H10F3N5O3/c14-13(15,16)24-8-3-1-2-7(4-8)19-10(22)5-9-11(23)20-12-17-6-18-21(9)12/h1-4,6,9H,5H2,(H,19,22)(H,17,18,20,23)/t9-/m1/s1. The van der Waals surface area contributed by atoms with Crippen LogP contribution in [-0.2, 0) is 9.59 Å². The lowest BCUT2D eigenvalue weighted by Crippen LogP contribution is -2.23. The summed E-state index contributed by atoms with van der Waals surface area (Å²) in [7, 11) is 0. The number of nitrogens with one attached hydrogen (secondary N) is 2. The number of alkyl halides is 3. The highest BCUT2D eigenvalue weighted by molar-refractivity contribution is 6.00. The Bertz CT molecular complexity index is 789. The van der Waals surface area contributed by atoms with Gasteiger partial charge in [-0.3, -0.25) is 14.9 Å². The van der Waals surface area contributed by atoms with Crippen molar-refractivity contribution in [1.29, 1.82) is 0 Å². The van der Waals surface area contributed by atoms with Gasteiger partial charge < -0.3 is 10.1 Å². The summed E-state index contributed by atoms with van der Waals surface area (Å²) in [4.78, 5) is 27.6. The molecule has 0 aliphatic carbocycles. The number of hydrogen-bond acceptors (Lipinski definition) is 5. The van der Waals surface area contributed by atoms with Crippen LogP contribution in [0.1, 0.15) is 12.5 Å². The van der Waals surface area contributed by atoms with Crippen LogP contribution in [0, 0.1) is 0 Å². The van der Waals surface area contributed by atoms with Crippen molar-refractivity contribution in [2.75, 3.05) is 10.6 Å². The van der Waals surface area contributed by atoms with Crippen LogP contribution in [0.2, 0.25) is 0 Å². The molecular weight excluding hydrogens is 331 g/mol. The molecule has 0 saturated heterocycles. The summed E-state index contributed by atoms with van der Waals surface area (Å²) in [6.45, 7) is 0. The zero-order chi connectivity index (χ0) is 17.3. The smallest absolute Gasteiger partial charge is 0.406 e. The van der Waals surface area contributed by atoms with Crippen molar-refractivity contribution in [3.05, 3.63) is 30.6 Å². The molecule has 1 aliphatic rings. The summed E-state index contributed by atoms with van der Waals surface area (Å²) in [6, 6.07) is 3.97. The van der Waals surface area contributed by atoms with Crippen LogP contribution in [0.25, 0.3) is 0 Å². The fraction of sp³-hybridized carbons (Fsp3) is 0.231. The van der Waals surface area contributed by atoms with Crippen LogP contribution in [-0.4, -0.2) is 32.9 Å². The Hall–Kier alpha value is -3.11. The van der Waals surface area contributed by atoms with Gasteiger partial charge in [0.15, 0.2) is 0 Å². The normalized spacial score (nSPS) is 16.5. The number of amides is 2. The first kappa shape index (κ1) is 15.8. The van der Waals surface area contributed by atoms with Crippen LogP contribution in [0.3, 0.4) is 0 Å². The summed E-state index contributed by atoms with van der Waals surface area (Å²) in [5.41, 5.74) is 0.110. The quantitative estimate of drug-likeness (QED) is 0.882. The Morgan fingerprint density at radius 3 is 2.96 bits per heavy atom. The number of rotatable bonds is 4. The molecule has 0 radical (unpaired) electrons. The number of ether oxygens (including phenoxy) is 1. The molecule has 0 fully saturated rings. The van der Waals surface area contributed by atoms with Crippen molar-refractivity contribution in [2.45, 2.75) is 18.8 Å². The van der Waals surface area contributed by atoms with E-state index in [9.17, 15) is 22.8 Å². The second-order valence-electron chi connectivity index (χ2n) is 4.86. The third-order valence-corrected chi connectivity index (χ3v) is 3.14. The van der Waals surface area contributed by atoms with E-state index >= 15 is 0 Å². The molecule has 2 amide bonds. The third kappa shape index (κ3) is 3.45. The first-order valence-electron chi connectivity index (χ1n) is 6.68. The third-order valence-electron chi connectivity index (χ3n) is 3.14. The predicted octanol–water partition coefficient (Wildman–Crippen LogP) is 1.70. The number of nitrogens with zero attached hydrogens (tertiary/aromatic N) is 3. The largest absolute Gasteiger partial charge is 0.573 e. The molecule has 8 nitrogen and oxygen atoms in total. The van der Waals surface area contributed by atoms with Gasteiger partial charge in [0.25, 0.3) is 5.91 Å². The van der Waals surface area contributed by atoms with Gasteiger partial charge in [-0.15, -0.1) is 13.2 Å². The fourth-order valence-corrected chi connectivity index (χ4v) is 2.21. The number of carbonyl (C=O) groups excluding carboxylic acids is 2. The summed E-state index contributed by atoms with van der Waals surface area (Å²) >= 11 is 0. The molecule has 24 heavy (non-hydrogen) atoms. The van der Waals surface area contributed by atoms with Crippen LogP contribution in [0.15, 0.2) is 30.6 Å². The molecule has 2 N–H and O–H groups in total. The van der Waals surface area contributed by atoms with Gasteiger partial charge in [-0.1, -0.05) is 6.07 Å². The lowest BCUT2D eigenvalue weighted by Gasteiger charge is -2.12. The summed E-state index contributed by atoms with van der Waals surface area (Å²) in [5, 5.41) is 8.71. The first-order valence-corrected chi connectivity index (χ1v) is 6.68. The number of benzene rings is 1. The van der Waals surface area contributed by atoms with Gasteiger partial charge in [-0.25, -0.2) is 4.68 Å². The number of fused-ring (bicyclic) bond motifs is 1. The minimum Gasteiger partial charge on any atom is -0.406 e. The van der Waals surface area contributed by atoms with Crippen LogP contribution in [0.5, 0.6) is 5.75 Å². The second-order valence-corrected chi connectivity index (χ2v) is 4.86. The van der Waals surface area contributed by atoms with Gasteiger partial charge in [0, 0.05) is 11.8 Å². The van der Waals surface area contributed by atoms with Gasteiger partial charge in [0.05, 0.1) is 6.42 Å². The fourth-order valence-electron chi connectivity index (χ4n) is 2.21. The molecule has 0 bridgehead atoms. The van der Waals surface area contributed by atoms with E-state index in [4.69, 9.17) is 0 Å². The molecule has 126 valence electrons. The van der Waals surface area contributed by atoms with Crippen LogP contribution < -0.4 is 15.4 Å². The number of aromatic nitrogens is 3. The summed E-state index contributed by atoms with van der Waals surface area (Å²) in [5.74, 6) is -1.23. The van der Waals surface area contributed by atoms with Crippen LogP contribution in [0.4, 0.5) is 24.8 Å². The van der Waals surface area contributed by atoms with E-state index in [-0.39, 0.29) is 18.1 Å². The highest BCUT2D eigenvalue weighted by Gasteiger charge is 2.34. The van der Waals surface area contributed by atoms with Gasteiger partial charge in [-0.05, 0) is 12.1 Å². The Kier molecular flexibility index (Phi) is 3.83. The number of carbonyl (C=O) groups is 2. The second kappa shape index (κ2) is 5.83. The monoisotopic (exact) mass is 341 g/mol. The Balaban J connectivity index is 1.65. The van der Waals surface area contributed by atoms with E-state index in [2.05, 4.69) is 25.5 Å². The lowest BCUT2D eigenvalue weighted by molar-refractivity contribution is -0.274. The van der Waals surface area contributed by atoms with Gasteiger partial charge >= 0.3 is 6.36 Å². The molecule has 0 spiro atoms. The average Bonchev–Trinajstić information content (AvgIpc) is 3.00. The minimum atomic E-state index is -4.83. The minimum absolute atomic E-state index is 0.110. The van der Waals surface area contributed by atoms with E-state index in [1.54, 1.807) is 0 Å². The van der Waals surface area contributed by atoms with Crippen molar-refractivity contribution >= 4 is 23.5 Å². The number of halogens is 3. The lowest BCUT2D eigenvalue weighted by atomic mass is 10.2. The van der Waals surface area contributed by atoms with Crippen molar-refractivity contribution < 1.29 is 27.5 Å². The average molecular weight is 341 g/mol. The predicted molar refractivity (Wildman–Crippen MR) is 74.1 cm³/mol. The molecule has 2 heterocycles. The first-order chi connectivity index (χ1) is 11.3. The molecule has 11 heteroatoms. The van der Waals surface area contributed by atoms with Crippen molar-refractivity contribution in [1.82, 2.24) is 14.8 Å². The molecule has 0 saturated carbocycles. The molecule has 1 aromatic carbocycles. The molecule has 1 aliphatic heterocycles. The summed E-state index contributed by atoms with van der Waals surface area (Å²) in [6.07, 6.45) is -3.84. The molecule has 2 aromatic rings. The molecular formula is C13H10F3N5O3. The zero-order valence-electron chi connectivity index (χ0n) is 11.9. The Labute approximate surface area is 132 Å². The number of anilines is 2. The molecule has 3 rings (SSSR count). The van der Waals surface area contributed by atoms with Gasteiger partial charge in [-0.2, -0.15) is 10.1 Å². The SMILES string of the molecule is O=C(C[C@@H]1C(=O)Nc2ncnn21)Nc1cccc(OC(F)(F)F)c1. The van der Waals surface area contributed by atoms with Crippen molar-refractivity contribution in [3.8, 4) is 5.75 Å². The highest BCUT2D eigenvalue weighted by atomic mass is 19.4. The van der Waals surface area contributed by atoms with E-state index in [0.29, 0.717) is 0 Å². The van der Waals surface area contributed by atoms with E-state index in [0.717, 1.165) is 12.1 Å². The Morgan fingerprint density at radius 1 is 1.42 bits per heavy atom. The van der Waals surface area contributed by atoms with Crippen molar-refractivity contribution in [2.24, 2.45) is 0 Å². The maximum absolute atomic E-state index is 12.2. The van der Waals surface area contributed by atoms with E-state index < -0.39 is 30.0 Å². The number of hydrogen-bond donors (Lipinski definition) is 2. The maximum Gasteiger partial charge on any atom is 0.573 e. The molecule has 0 unspecified atom stereocenters. The highest BCUT2D eigenvalue weighted by Crippen LogP contribution is 2.26. The molecule has 1 aromatic heterocycles. The summed E-state index contributed by atoms with van der Waals surface area (Å²) < 4.78 is 41.6. The van der Waals surface area contributed by atoms with Gasteiger partial charge in [0.1, 0.15) is 18.1 Å². The zero-order valence-corrected chi connectivity index (χ0v) is 11.9. The topological polar surface area (TPSA) is 98.1 Å². The van der Waals surface area contributed by atoms with Gasteiger partial charge in [0.2, 0.25) is 11.9 Å². The maximum atomic E-state index is 12.2. The van der Waals surface area contributed by atoms with E-state index in [1.165, 1.54) is 23.1 Å². The Morgan fingerprint density at radius 2 is 2.21 bits per heavy atom. The van der Waals surface area contributed by atoms with Crippen LogP contribution >= 0.6 is 0 Å². The van der Waals surface area contributed by atoms with E-state index in [1.807, 2.05) is 0 Å².